The summed E-state index contributed by atoms with van der Waals surface area (Å²) in [6.07, 6.45) is 4.47. The number of ketones is 2. The summed E-state index contributed by atoms with van der Waals surface area (Å²) >= 11 is 15.7. The van der Waals surface area contributed by atoms with Crippen molar-refractivity contribution >= 4 is 99.0 Å². The van der Waals surface area contributed by atoms with Gasteiger partial charge in [-0.15, -0.1) is 22.7 Å². The zero-order valence-corrected chi connectivity index (χ0v) is 87.9. The molecule has 0 bridgehead atoms. The molecule has 2 aliphatic heterocycles. The maximum Gasteiger partial charge on any atom is 0.410 e. The zero-order valence-electron chi connectivity index (χ0n) is 84.8. The van der Waals surface area contributed by atoms with Crippen LogP contribution in [0.4, 0.5) is 4.79 Å². The normalized spacial score (nSPS) is 19.6. The number of aromatic nitrogens is 2. The number of aliphatic hydroxyl groups excluding tert-OH is 2. The third-order valence-electron chi connectivity index (χ3n) is 27.6. The van der Waals surface area contributed by atoms with E-state index < -0.39 is 76.6 Å². The van der Waals surface area contributed by atoms with Gasteiger partial charge in [0, 0.05) is 110 Å². The van der Waals surface area contributed by atoms with Gasteiger partial charge in [0.2, 0.25) is 35.4 Å². The third kappa shape index (κ3) is 28.4. The molecular weight excluding hydrogens is 1870 g/mol. The molecule has 31 heteroatoms. The Morgan fingerprint density at radius 2 is 0.872 bits per heavy atom. The lowest BCUT2D eigenvalue weighted by Crippen LogP contribution is -2.66. The molecule has 2 aliphatic carbocycles. The summed E-state index contributed by atoms with van der Waals surface area (Å²) in [6, 6.07) is 40.7. The van der Waals surface area contributed by atoms with E-state index in [0.717, 1.165) is 69.1 Å². The van der Waals surface area contributed by atoms with Crippen molar-refractivity contribution in [3.05, 3.63) is 199 Å². The lowest BCUT2D eigenvalue weighted by molar-refractivity contribution is -0.196. The van der Waals surface area contributed by atoms with Gasteiger partial charge in [-0.05, 0) is 184 Å². The number of halogens is 2. The van der Waals surface area contributed by atoms with Gasteiger partial charge in [0.05, 0.1) is 78.8 Å². The third-order valence-corrected chi connectivity index (χ3v) is 30.2. The molecule has 6 N–H and O–H groups in total. The number of carbonyl (C=O) groups is 9. The SMILES string of the molecule is Cc1ncsc1-c1ccc(CNC(=O)C2C[C@@H](O)CN2C(=O)C(NC(=O)CCCCCCCOc2ccc(C(=O)CC3C(C)(C)C(Oc4ccc(C#N)c(Cl)c4)C3(C)C)cc2)C(C)(C)C)cc1.Cc1ncsc1-c1ccc(CNC(=O)C2C[C@@H](O)CN2C(=O)C(NC(=O)CN(CCCCCOc2ccc(C(=O)CC3C(C)(C)C(Oc4ccc(C#N)c(Cl)c4)C3(C)C)cc2)C(=O)OC(C)(C)C)C(C)(C)C)cc1. The number of rotatable bonds is 40. The molecule has 4 aliphatic rings. The number of hydrogen-bond acceptors (Lipinski definition) is 22. The van der Waals surface area contributed by atoms with Crippen molar-refractivity contribution in [2.75, 3.05) is 39.4 Å². The molecule has 0 spiro atoms. The van der Waals surface area contributed by atoms with Crippen LogP contribution in [-0.2, 0) is 46.6 Å². The van der Waals surface area contributed by atoms with Crippen LogP contribution in [0.1, 0.15) is 256 Å². The van der Waals surface area contributed by atoms with E-state index in [1.807, 2.05) is 113 Å². The van der Waals surface area contributed by atoms with Gasteiger partial charge in [0.1, 0.15) is 83.7 Å². The van der Waals surface area contributed by atoms with Gasteiger partial charge in [0.15, 0.2) is 11.6 Å². The summed E-state index contributed by atoms with van der Waals surface area (Å²) in [6.45, 7) is 38.4. The van der Waals surface area contributed by atoms with Gasteiger partial charge in [0.25, 0.3) is 0 Å². The lowest BCUT2D eigenvalue weighted by Gasteiger charge is -2.63. The Bertz CT molecular complexity index is 5780. The molecule has 6 aromatic carbocycles. The first-order chi connectivity index (χ1) is 66.4. The minimum absolute atomic E-state index is 0.0207. The van der Waals surface area contributed by atoms with Crippen molar-refractivity contribution < 1.29 is 77.0 Å². The molecule has 0 radical (unpaired) electrons. The number of unbranched alkanes of at least 4 members (excludes halogenated alkanes) is 6. The van der Waals surface area contributed by atoms with Crippen LogP contribution in [0.3, 0.4) is 0 Å². The Morgan fingerprint density at radius 1 is 0.504 bits per heavy atom. The van der Waals surface area contributed by atoms with Crippen molar-refractivity contribution in [2.45, 2.75) is 282 Å². The Morgan fingerprint density at radius 3 is 1.23 bits per heavy atom. The number of aliphatic hydroxyl groups is 2. The molecule has 4 fully saturated rings. The van der Waals surface area contributed by atoms with Crippen LogP contribution in [0.15, 0.2) is 144 Å². The van der Waals surface area contributed by atoms with Crippen LogP contribution in [0.25, 0.3) is 20.9 Å². The van der Waals surface area contributed by atoms with Gasteiger partial charge in [-0.2, -0.15) is 10.5 Å². The van der Waals surface area contributed by atoms with Gasteiger partial charge >= 0.3 is 6.09 Å². The number of aryl methyl sites for hydroxylation is 2. The maximum absolute atomic E-state index is 14.3. The average molecular weight is 2010 g/mol. The highest BCUT2D eigenvalue weighted by Gasteiger charge is 2.65. The first kappa shape index (κ1) is 110. The molecule has 27 nitrogen and oxygen atoms in total. The fourth-order valence-corrected chi connectivity index (χ4v) is 22.4. The van der Waals surface area contributed by atoms with Crippen molar-refractivity contribution in [1.82, 2.24) is 45.9 Å². The van der Waals surface area contributed by atoms with Gasteiger partial charge in [-0.25, -0.2) is 14.8 Å². The predicted octanol–water partition coefficient (Wildman–Crippen LogP) is 19.8. The number of β-amino-alcohol motifs (C(OH)–C–C–N with tert-alkyl or cyclic N) is 2. The molecule has 4 heterocycles. The second-order valence-corrected chi connectivity index (χ2v) is 45.8. The van der Waals surface area contributed by atoms with E-state index in [1.165, 1.54) is 14.7 Å². The molecular formula is C110H139Cl2N11O16S2. The first-order valence-corrected chi connectivity index (χ1v) is 51.2. The number of carbonyl (C=O) groups excluding carboxylic acids is 9. The number of thiazole rings is 2. The van der Waals surface area contributed by atoms with Crippen molar-refractivity contribution in [3.8, 4) is 56.0 Å². The fourth-order valence-electron chi connectivity index (χ4n) is 20.3. The highest BCUT2D eigenvalue weighted by atomic mass is 35.5. The van der Waals surface area contributed by atoms with Crippen molar-refractivity contribution in [3.63, 3.8) is 0 Å². The average Bonchev–Trinajstić information content (AvgIpc) is 1.38. The van der Waals surface area contributed by atoms with Crippen LogP contribution >= 0.6 is 45.9 Å². The Hall–Kier alpha value is -11.3. The zero-order chi connectivity index (χ0) is 103. The smallest absolute Gasteiger partial charge is 0.410 e. The van der Waals surface area contributed by atoms with Crippen LogP contribution in [0.5, 0.6) is 23.0 Å². The minimum Gasteiger partial charge on any atom is -0.494 e. The molecule has 756 valence electrons. The first-order valence-electron chi connectivity index (χ1n) is 48.7. The van der Waals surface area contributed by atoms with Crippen LogP contribution in [0, 0.1) is 80.8 Å². The molecule has 6 atom stereocenters. The lowest BCUT2D eigenvalue weighted by atomic mass is 9.44. The van der Waals surface area contributed by atoms with Crippen LogP contribution < -0.4 is 40.2 Å². The Kier molecular flexibility index (Phi) is 36.9. The number of hydrogen-bond donors (Lipinski definition) is 6. The number of ether oxygens (including phenoxy) is 5. The fraction of sp³-hybridized carbons (Fsp3) is 0.518. The topological polar surface area (TPSA) is 371 Å². The van der Waals surface area contributed by atoms with E-state index in [4.69, 9.17) is 46.9 Å². The number of nitrogens with one attached hydrogen (secondary N) is 4. The molecule has 2 aromatic heterocycles. The Labute approximate surface area is 848 Å². The van der Waals surface area contributed by atoms with Gasteiger partial charge < -0.3 is 65.0 Å². The van der Waals surface area contributed by atoms with Crippen LogP contribution in [-0.4, -0.2) is 182 Å². The number of likely N-dealkylation sites (tertiary alicyclic amines) is 2. The summed E-state index contributed by atoms with van der Waals surface area (Å²) in [5, 5.41) is 52.1. The molecule has 2 saturated carbocycles. The van der Waals surface area contributed by atoms with Crippen molar-refractivity contribution in [1.29, 1.82) is 10.5 Å². The summed E-state index contributed by atoms with van der Waals surface area (Å²) in [7, 11) is 0. The highest BCUT2D eigenvalue weighted by molar-refractivity contribution is 7.13. The van der Waals surface area contributed by atoms with E-state index in [1.54, 1.807) is 130 Å². The number of nitrogens with zero attached hydrogens (tertiary/aromatic N) is 7. The quantitative estimate of drug-likeness (QED) is 0.0153. The molecule has 141 heavy (non-hydrogen) atoms. The van der Waals surface area contributed by atoms with Crippen LogP contribution in [0.2, 0.25) is 10.0 Å². The number of Topliss-reactive ketones (excluding diaryl/α,β-unsaturated/α-hetero) is 2. The Balaban J connectivity index is 0.000000271. The van der Waals surface area contributed by atoms with E-state index in [-0.39, 0.29) is 134 Å². The number of amides is 7. The van der Waals surface area contributed by atoms with Crippen molar-refractivity contribution in [2.24, 2.45) is 44.3 Å². The summed E-state index contributed by atoms with van der Waals surface area (Å²) in [5.74, 6) is 0.326. The molecule has 8 aromatic rings. The maximum atomic E-state index is 14.3. The summed E-state index contributed by atoms with van der Waals surface area (Å²) in [4.78, 5) is 138. The van der Waals surface area contributed by atoms with Gasteiger partial charge in [-0.1, -0.05) is 188 Å². The predicted molar refractivity (Wildman–Crippen MR) is 548 cm³/mol. The standard InChI is InChI=1S/C57H73ClN6O9S.C53H66ClN5O7S/c1-35-48(74-34-61-35)38-17-15-36(16-18-38)31-60-50(68)44-27-40(65)32-64(44)51(69)49(54(2,3)4)62-47(67)33-63(53(70)73-55(5,6)7)25-13-12-14-26-71-41-22-19-37(20-23-41)45(66)29-46-56(8,9)52(57(46,10)11)72-42-24-21-39(30-59)43(58)28-42;1-33-46(67-32-57-33)36-17-15-34(16-18-36)30-56-48(63)42-26-38(60)31-59(42)49(64)47(51(2,3)4)58-45(62)14-12-10-9-11-13-25-65-39-22-19-35(20-23-39)43(61)28-44-52(5,6)50(53(44,7)8)66-40-24-21-37(29-55)41(54)27-40/h15-24,28,34,40,44,46,49,52,65H,12-14,25-27,29,31-33H2,1-11H3,(H,60,68)(H,62,67);15-24,27,32,38,42,44,47,50,60H,9-14,25-26,28,30-31H2,1-8H3,(H,56,63)(H,58,62)/t40-,44?,46?,49?,52?;38-,42?,44?,47?,50?/m11/s1. The number of nitriles is 2. The highest BCUT2D eigenvalue weighted by Crippen LogP contribution is 2.63. The van der Waals surface area contributed by atoms with E-state index in [2.05, 4.69) is 98.8 Å². The number of benzene rings is 6. The molecule has 7 amide bonds. The largest absolute Gasteiger partial charge is 0.494 e. The van der Waals surface area contributed by atoms with E-state index in [0.29, 0.717) is 107 Å². The molecule has 4 unspecified atom stereocenters. The minimum atomic E-state index is -1.08. The molecule has 2 saturated heterocycles. The van der Waals surface area contributed by atoms with Gasteiger partial charge in [-0.3, -0.25) is 43.3 Å². The second kappa shape index (κ2) is 47.3. The second-order valence-electron chi connectivity index (χ2n) is 43.3. The molecule has 12 rings (SSSR count). The monoisotopic (exact) mass is 2000 g/mol. The summed E-state index contributed by atoms with van der Waals surface area (Å²) in [5.41, 5.74) is 8.01. The van der Waals surface area contributed by atoms with E-state index in [9.17, 15) is 63.9 Å². The van der Waals surface area contributed by atoms with E-state index >= 15 is 0 Å². The summed E-state index contributed by atoms with van der Waals surface area (Å²) < 4.78 is 30.5.